The Bertz CT molecular complexity index is 1640. The number of amides is 6. The minimum Gasteiger partial charge on any atom is -0.481 e. The maximum atomic E-state index is 13.6. The van der Waals surface area contributed by atoms with Crippen LogP contribution >= 0.6 is 0 Å². The Kier molecular flexibility index (Phi) is 23.9. The van der Waals surface area contributed by atoms with E-state index in [4.69, 9.17) is 0 Å². The number of hydrogen-bond donors (Lipinski definition) is 9. The number of hydrogen-bond acceptors (Lipinski definition) is 11. The van der Waals surface area contributed by atoms with Crippen LogP contribution in [0.1, 0.15) is 105 Å². The average molecular weight is 863 g/mol. The number of unbranched alkanes of at least 4 members (excludes halogenated alkanes) is 1. The summed E-state index contributed by atoms with van der Waals surface area (Å²) < 4.78 is 4.60. The van der Waals surface area contributed by atoms with Crippen molar-refractivity contribution < 1.29 is 63.2 Å². The molecule has 0 saturated heterocycles. The first kappa shape index (κ1) is 53.4. The van der Waals surface area contributed by atoms with Gasteiger partial charge in [-0.2, -0.15) is 0 Å². The third kappa shape index (κ3) is 21.0. The molecule has 0 unspecified atom stereocenters. The summed E-state index contributed by atoms with van der Waals surface area (Å²) in [4.78, 5) is 114. The summed E-state index contributed by atoms with van der Waals surface area (Å²) in [5.41, 5.74) is 0.612. The van der Waals surface area contributed by atoms with Crippen molar-refractivity contribution in [2.24, 2.45) is 17.8 Å². The largest absolute Gasteiger partial charge is 0.481 e. The number of aliphatic hydroxyl groups excluding tert-OH is 1. The molecule has 1 aromatic carbocycles. The Hall–Kier alpha value is -5.59. The molecular weight excluding hydrogens is 796 g/mol. The number of carbonyl (C=O) groups excluding carboxylic acids is 7. The lowest BCUT2D eigenvalue weighted by Crippen LogP contribution is -2.60. The van der Waals surface area contributed by atoms with Crippen molar-refractivity contribution in [3.8, 4) is 0 Å². The highest BCUT2D eigenvalue weighted by atomic mass is 16.5. The third-order valence-electron chi connectivity index (χ3n) is 9.63. The van der Waals surface area contributed by atoms with Crippen LogP contribution in [0.5, 0.6) is 0 Å². The molecule has 0 aromatic heterocycles. The van der Waals surface area contributed by atoms with Gasteiger partial charge in [-0.15, -0.1) is 0 Å². The van der Waals surface area contributed by atoms with Gasteiger partial charge >= 0.3 is 17.9 Å². The third-order valence-corrected chi connectivity index (χ3v) is 9.63. The first-order valence-corrected chi connectivity index (χ1v) is 20.6. The summed E-state index contributed by atoms with van der Waals surface area (Å²) in [6.45, 7) is 11.7. The molecule has 0 fully saturated rings. The van der Waals surface area contributed by atoms with Crippen LogP contribution in [-0.2, 0) is 54.3 Å². The van der Waals surface area contributed by atoms with Gasteiger partial charge in [0.1, 0.15) is 30.2 Å². The maximum absolute atomic E-state index is 13.6. The fraction of sp³-hybridized carbons (Fsp3) is 0.643. The van der Waals surface area contributed by atoms with Gasteiger partial charge in [-0.1, -0.05) is 71.9 Å². The van der Waals surface area contributed by atoms with Gasteiger partial charge in [-0.05, 0) is 55.9 Å². The molecule has 342 valence electrons. The van der Waals surface area contributed by atoms with Gasteiger partial charge in [-0.25, -0.2) is 4.79 Å². The summed E-state index contributed by atoms with van der Waals surface area (Å²) in [5, 5.41) is 45.3. The molecule has 0 aliphatic rings. The molecule has 0 saturated carbocycles. The lowest BCUT2D eigenvalue weighted by molar-refractivity contribution is -0.143. The Labute approximate surface area is 357 Å². The number of methoxy groups -OCH3 is 1. The van der Waals surface area contributed by atoms with Gasteiger partial charge in [0.05, 0.1) is 25.7 Å². The first-order valence-electron chi connectivity index (χ1n) is 20.6. The van der Waals surface area contributed by atoms with E-state index >= 15 is 0 Å². The van der Waals surface area contributed by atoms with Crippen molar-refractivity contribution in [3.05, 3.63) is 35.9 Å². The van der Waals surface area contributed by atoms with Gasteiger partial charge in [-0.3, -0.25) is 38.4 Å². The summed E-state index contributed by atoms with van der Waals surface area (Å²) in [7, 11) is 1.28. The van der Waals surface area contributed by atoms with Crippen LogP contribution in [0.3, 0.4) is 0 Å². The van der Waals surface area contributed by atoms with E-state index < -0.39 is 109 Å². The number of rotatable bonds is 28. The van der Waals surface area contributed by atoms with E-state index in [1.807, 2.05) is 13.8 Å². The molecule has 0 radical (unpaired) electrons. The zero-order valence-corrected chi connectivity index (χ0v) is 36.4. The molecule has 19 heteroatoms. The summed E-state index contributed by atoms with van der Waals surface area (Å²) in [6, 6.07) is 1.13. The van der Waals surface area contributed by atoms with E-state index in [9.17, 15) is 58.5 Å². The van der Waals surface area contributed by atoms with Crippen molar-refractivity contribution in [1.29, 1.82) is 0 Å². The number of aliphatic carboxylic acids is 2. The highest BCUT2D eigenvalue weighted by Crippen LogP contribution is 2.14. The second-order valence-corrected chi connectivity index (χ2v) is 16.2. The fourth-order valence-corrected chi connectivity index (χ4v) is 6.16. The van der Waals surface area contributed by atoms with E-state index in [1.54, 1.807) is 58.0 Å². The van der Waals surface area contributed by atoms with Crippen LogP contribution in [0, 0.1) is 17.8 Å². The predicted octanol–water partition coefficient (Wildman–Crippen LogP) is 0.950. The number of aliphatic hydroxyl groups is 1. The molecule has 7 atom stereocenters. The first-order chi connectivity index (χ1) is 28.5. The molecule has 61 heavy (non-hydrogen) atoms. The van der Waals surface area contributed by atoms with Crippen molar-refractivity contribution in [3.63, 3.8) is 0 Å². The van der Waals surface area contributed by atoms with Crippen LogP contribution < -0.4 is 31.9 Å². The molecule has 9 N–H and O–H groups in total. The number of benzene rings is 1. The number of nitrogens with one attached hydrogen (secondary N) is 6. The van der Waals surface area contributed by atoms with E-state index in [0.717, 1.165) is 0 Å². The summed E-state index contributed by atoms with van der Waals surface area (Å²) in [5.74, 6) is -8.35. The molecule has 6 amide bonds. The zero-order chi connectivity index (χ0) is 46.4. The number of carbonyl (C=O) groups is 9. The zero-order valence-electron chi connectivity index (χ0n) is 36.4. The van der Waals surface area contributed by atoms with Gasteiger partial charge in [0.2, 0.25) is 35.4 Å². The number of carboxylic acids is 2. The quantitative estimate of drug-likeness (QED) is 0.0420. The summed E-state index contributed by atoms with van der Waals surface area (Å²) in [6.07, 6.45) is -1.29. The van der Waals surface area contributed by atoms with Gasteiger partial charge in [0, 0.05) is 25.7 Å². The Balaban J connectivity index is 2.98. The normalized spacial score (nSPS) is 14.6. The average Bonchev–Trinajstić information content (AvgIpc) is 3.17. The Morgan fingerprint density at radius 1 is 0.623 bits per heavy atom. The van der Waals surface area contributed by atoms with E-state index in [-0.39, 0.29) is 43.5 Å². The van der Waals surface area contributed by atoms with Crippen LogP contribution in [0.4, 0.5) is 0 Å². The lowest BCUT2D eigenvalue weighted by Gasteiger charge is -2.29. The molecule has 1 rings (SSSR count). The topological polar surface area (TPSA) is 296 Å². The van der Waals surface area contributed by atoms with Crippen LogP contribution in [-0.4, -0.2) is 118 Å². The van der Waals surface area contributed by atoms with Crippen molar-refractivity contribution >= 4 is 53.4 Å². The van der Waals surface area contributed by atoms with E-state index in [1.165, 1.54) is 14.0 Å². The fourth-order valence-electron chi connectivity index (χ4n) is 6.16. The predicted molar refractivity (Wildman–Crippen MR) is 222 cm³/mol. The molecule has 19 nitrogen and oxygen atoms in total. The van der Waals surface area contributed by atoms with Crippen molar-refractivity contribution in [2.45, 2.75) is 149 Å². The molecule has 0 bridgehead atoms. The minimum absolute atomic E-state index is 0.0454. The molecular formula is C42H66N6O13. The van der Waals surface area contributed by atoms with Gasteiger partial charge in [0.25, 0.3) is 0 Å². The molecule has 0 aliphatic heterocycles. The Morgan fingerprint density at radius 3 is 1.72 bits per heavy atom. The van der Waals surface area contributed by atoms with Gasteiger partial charge in [0.15, 0.2) is 0 Å². The maximum Gasteiger partial charge on any atom is 0.326 e. The number of esters is 1. The van der Waals surface area contributed by atoms with Crippen molar-refractivity contribution in [2.75, 3.05) is 7.11 Å². The SMILES string of the molecule is COC(=O)CCCCC(=O)N[C@@H](CC(C)C)[C@@H](O)CC(=O)N[C@H](C(=O)N[C@H](C(=O)N[C@@H](C)C(=O)N[C@@H](CCC(=O)O)C(=O)N[C@@H](Cc1ccccc1)C(=O)O)C(C)C)C(C)C. The second kappa shape index (κ2) is 27.3. The summed E-state index contributed by atoms with van der Waals surface area (Å²) >= 11 is 0. The van der Waals surface area contributed by atoms with Crippen LogP contribution in [0.25, 0.3) is 0 Å². The van der Waals surface area contributed by atoms with Crippen LogP contribution in [0.15, 0.2) is 30.3 Å². The smallest absolute Gasteiger partial charge is 0.326 e. The lowest BCUT2D eigenvalue weighted by atomic mass is 9.96. The second-order valence-electron chi connectivity index (χ2n) is 16.2. The molecule has 1 aromatic rings. The highest BCUT2D eigenvalue weighted by Gasteiger charge is 2.34. The molecule has 0 aliphatic carbocycles. The molecule has 0 spiro atoms. The van der Waals surface area contributed by atoms with Crippen LogP contribution in [0.2, 0.25) is 0 Å². The Morgan fingerprint density at radius 2 is 1.18 bits per heavy atom. The van der Waals surface area contributed by atoms with E-state index in [2.05, 4.69) is 36.6 Å². The minimum atomic E-state index is -1.48. The van der Waals surface area contributed by atoms with Crippen molar-refractivity contribution in [1.82, 2.24) is 31.9 Å². The molecule has 0 heterocycles. The van der Waals surface area contributed by atoms with E-state index in [0.29, 0.717) is 24.8 Å². The highest BCUT2D eigenvalue weighted by molar-refractivity contribution is 5.96. The number of carboxylic acid groups (broad SMARTS) is 2. The number of ether oxygens (including phenoxy) is 1. The van der Waals surface area contributed by atoms with Gasteiger partial charge < -0.3 is 52.0 Å². The standard InChI is InChI=1S/C42H66N6O13/c1-23(2)20-29(44-32(50)16-12-13-17-35(54)61-8)31(49)22-33(51)47-36(24(3)4)41(58)48-37(25(5)6)40(57)43-26(7)38(55)45-28(18-19-34(52)53)39(56)46-30(42(59)60)21-27-14-10-9-11-15-27/h9-11,14-15,23-26,28-31,36-37,49H,12-13,16-22H2,1-8H3,(H,43,57)(H,44,50)(H,45,55)(H,46,56)(H,47,51)(H,48,58)(H,52,53)(H,59,60)/t26-,28-,29-,30-,31-,36-,37-/m0/s1. The monoisotopic (exact) mass is 862 g/mol.